The van der Waals surface area contributed by atoms with E-state index in [1.165, 1.54) is 11.8 Å². The van der Waals surface area contributed by atoms with E-state index < -0.39 is 0 Å². The fourth-order valence-electron chi connectivity index (χ4n) is 3.00. The first-order chi connectivity index (χ1) is 11.7. The van der Waals surface area contributed by atoms with Crippen molar-refractivity contribution in [1.29, 1.82) is 0 Å². The van der Waals surface area contributed by atoms with Crippen molar-refractivity contribution in [2.75, 3.05) is 31.1 Å². The van der Waals surface area contributed by atoms with E-state index in [2.05, 4.69) is 22.0 Å². The van der Waals surface area contributed by atoms with E-state index >= 15 is 0 Å². The summed E-state index contributed by atoms with van der Waals surface area (Å²) in [7, 11) is 0. The second kappa shape index (κ2) is 7.81. The Morgan fingerprint density at radius 2 is 1.79 bits per heavy atom. The van der Waals surface area contributed by atoms with Gasteiger partial charge in [0.2, 0.25) is 5.91 Å². The number of piperazine rings is 1. The molecule has 2 heterocycles. The second-order valence-corrected chi connectivity index (χ2v) is 6.08. The highest BCUT2D eigenvalue weighted by atomic mass is 16.3. The summed E-state index contributed by atoms with van der Waals surface area (Å²) in [5.41, 5.74) is 1.29. The maximum Gasteiger partial charge on any atom is 0.222 e. The van der Waals surface area contributed by atoms with Gasteiger partial charge in [-0.05, 0) is 30.5 Å². The van der Waals surface area contributed by atoms with Crippen LogP contribution in [0.15, 0.2) is 48.7 Å². The molecule has 0 unspecified atom stereocenters. The Hall–Kier alpha value is -2.56. The zero-order valence-electron chi connectivity index (χ0n) is 13.8. The topological polar surface area (TPSA) is 56.7 Å². The van der Waals surface area contributed by atoms with E-state index in [0.717, 1.165) is 44.8 Å². The molecule has 1 fully saturated rings. The molecule has 0 radical (unpaired) electrons. The van der Waals surface area contributed by atoms with Gasteiger partial charge in [-0.25, -0.2) is 4.98 Å². The zero-order valence-corrected chi connectivity index (χ0v) is 13.8. The number of carbonyl (C=O) groups excluding carboxylic acids is 1. The number of nitrogens with zero attached hydrogens (tertiary/aromatic N) is 3. The number of hydrogen-bond donors (Lipinski definition) is 1. The lowest BCUT2D eigenvalue weighted by Crippen LogP contribution is -2.49. The monoisotopic (exact) mass is 325 g/mol. The number of aromatic hydroxyl groups is 1. The van der Waals surface area contributed by atoms with Gasteiger partial charge in [0.15, 0.2) is 0 Å². The first-order valence-electron chi connectivity index (χ1n) is 8.44. The molecule has 126 valence electrons. The fraction of sp³-hybridized carbons (Fsp3) is 0.368. The summed E-state index contributed by atoms with van der Waals surface area (Å²) in [5, 5.41) is 9.30. The van der Waals surface area contributed by atoms with E-state index in [4.69, 9.17) is 0 Å². The number of carbonyl (C=O) groups is 1. The van der Waals surface area contributed by atoms with Crippen molar-refractivity contribution in [2.45, 2.75) is 19.3 Å². The smallest absolute Gasteiger partial charge is 0.222 e. The van der Waals surface area contributed by atoms with E-state index in [0.29, 0.717) is 6.42 Å². The number of hydrogen-bond acceptors (Lipinski definition) is 4. The predicted octanol–water partition coefficient (Wildman–Crippen LogP) is 2.46. The molecule has 1 aromatic heterocycles. The standard InChI is InChI=1S/C19H23N3O2/c23-17-9-10-18(20-15-17)21-11-13-22(14-12-21)19(24)8-4-7-16-5-2-1-3-6-16/h1-3,5-6,9-10,15,23H,4,7-8,11-14H2. The summed E-state index contributed by atoms with van der Waals surface area (Å²) < 4.78 is 0. The molecule has 1 aliphatic rings. The molecule has 1 saturated heterocycles. The molecule has 0 atom stereocenters. The molecule has 24 heavy (non-hydrogen) atoms. The van der Waals surface area contributed by atoms with Crippen LogP contribution in [-0.2, 0) is 11.2 Å². The molecule has 3 rings (SSSR count). The molecule has 0 aliphatic carbocycles. The Morgan fingerprint density at radius 3 is 2.46 bits per heavy atom. The average molecular weight is 325 g/mol. The van der Waals surface area contributed by atoms with Crippen LogP contribution in [0.25, 0.3) is 0 Å². The Kier molecular flexibility index (Phi) is 5.31. The highest BCUT2D eigenvalue weighted by molar-refractivity contribution is 5.76. The Bertz CT molecular complexity index is 650. The van der Waals surface area contributed by atoms with Crippen LogP contribution in [0.4, 0.5) is 5.82 Å². The molecule has 1 N–H and O–H groups in total. The van der Waals surface area contributed by atoms with E-state index in [1.54, 1.807) is 6.07 Å². The average Bonchev–Trinajstić information content (AvgIpc) is 2.63. The Morgan fingerprint density at radius 1 is 1.04 bits per heavy atom. The lowest BCUT2D eigenvalue weighted by atomic mass is 10.1. The van der Waals surface area contributed by atoms with Gasteiger partial charge in [-0.1, -0.05) is 30.3 Å². The number of pyridine rings is 1. The SMILES string of the molecule is O=C(CCCc1ccccc1)N1CCN(c2ccc(O)cn2)CC1. The highest BCUT2D eigenvalue weighted by Gasteiger charge is 2.21. The number of amides is 1. The fourth-order valence-corrected chi connectivity index (χ4v) is 3.00. The van der Waals surface area contributed by atoms with Crippen molar-refractivity contribution in [3.05, 3.63) is 54.2 Å². The van der Waals surface area contributed by atoms with Gasteiger partial charge >= 0.3 is 0 Å². The van der Waals surface area contributed by atoms with E-state index in [1.807, 2.05) is 29.2 Å². The largest absolute Gasteiger partial charge is 0.506 e. The molecule has 0 spiro atoms. The van der Waals surface area contributed by atoms with Crippen LogP contribution in [0.5, 0.6) is 5.75 Å². The van der Waals surface area contributed by atoms with Crippen molar-refractivity contribution in [1.82, 2.24) is 9.88 Å². The predicted molar refractivity (Wildman–Crippen MR) is 94.1 cm³/mol. The third kappa shape index (κ3) is 4.25. The summed E-state index contributed by atoms with van der Waals surface area (Å²) in [6, 6.07) is 13.7. The van der Waals surface area contributed by atoms with Gasteiger partial charge in [0, 0.05) is 32.6 Å². The second-order valence-electron chi connectivity index (χ2n) is 6.08. The minimum absolute atomic E-state index is 0.172. The van der Waals surface area contributed by atoms with Crippen LogP contribution < -0.4 is 4.90 Å². The van der Waals surface area contributed by atoms with Gasteiger partial charge in [0.05, 0.1) is 6.20 Å². The third-order valence-electron chi connectivity index (χ3n) is 4.39. The summed E-state index contributed by atoms with van der Waals surface area (Å²) in [6.45, 7) is 3.02. The number of aryl methyl sites for hydroxylation is 1. The van der Waals surface area contributed by atoms with Crippen molar-refractivity contribution in [3.63, 3.8) is 0 Å². The van der Waals surface area contributed by atoms with Gasteiger partial charge in [-0.2, -0.15) is 0 Å². The van der Waals surface area contributed by atoms with Gasteiger partial charge < -0.3 is 14.9 Å². The van der Waals surface area contributed by atoms with Crippen LogP contribution >= 0.6 is 0 Å². The van der Waals surface area contributed by atoms with Gasteiger partial charge in [0.25, 0.3) is 0 Å². The summed E-state index contributed by atoms with van der Waals surface area (Å²) >= 11 is 0. The highest BCUT2D eigenvalue weighted by Crippen LogP contribution is 2.17. The molecule has 1 aromatic carbocycles. The van der Waals surface area contributed by atoms with Crippen LogP contribution in [0.3, 0.4) is 0 Å². The molecule has 5 heteroatoms. The molecule has 5 nitrogen and oxygen atoms in total. The minimum Gasteiger partial charge on any atom is -0.506 e. The number of rotatable bonds is 5. The summed E-state index contributed by atoms with van der Waals surface area (Å²) in [4.78, 5) is 20.7. The molecule has 1 aliphatic heterocycles. The van der Waals surface area contributed by atoms with Crippen LogP contribution in [0, 0.1) is 0 Å². The Balaban J connectivity index is 1.42. The van der Waals surface area contributed by atoms with Gasteiger partial charge in [0.1, 0.15) is 11.6 Å². The molecule has 0 bridgehead atoms. The minimum atomic E-state index is 0.172. The quantitative estimate of drug-likeness (QED) is 0.917. The molecular formula is C19H23N3O2. The zero-order chi connectivity index (χ0) is 16.8. The molecule has 2 aromatic rings. The number of benzene rings is 1. The molecular weight excluding hydrogens is 302 g/mol. The lowest BCUT2D eigenvalue weighted by Gasteiger charge is -2.35. The van der Waals surface area contributed by atoms with Crippen LogP contribution in [0.1, 0.15) is 18.4 Å². The first kappa shape index (κ1) is 16.3. The number of anilines is 1. The lowest BCUT2D eigenvalue weighted by molar-refractivity contribution is -0.131. The maximum atomic E-state index is 12.3. The third-order valence-corrected chi connectivity index (χ3v) is 4.39. The van der Waals surface area contributed by atoms with Crippen LogP contribution in [-0.4, -0.2) is 47.1 Å². The number of aromatic nitrogens is 1. The van der Waals surface area contributed by atoms with Crippen molar-refractivity contribution in [3.8, 4) is 5.75 Å². The maximum absolute atomic E-state index is 12.3. The van der Waals surface area contributed by atoms with Crippen molar-refractivity contribution >= 4 is 11.7 Å². The van der Waals surface area contributed by atoms with Gasteiger partial charge in [-0.15, -0.1) is 0 Å². The molecule has 1 amide bonds. The van der Waals surface area contributed by atoms with Crippen molar-refractivity contribution < 1.29 is 9.90 Å². The summed E-state index contributed by atoms with van der Waals surface area (Å²) in [5.74, 6) is 1.26. The Labute approximate surface area is 142 Å². The first-order valence-corrected chi connectivity index (χ1v) is 8.44. The van der Waals surface area contributed by atoms with Gasteiger partial charge in [-0.3, -0.25) is 4.79 Å². The van der Waals surface area contributed by atoms with E-state index in [-0.39, 0.29) is 11.7 Å². The van der Waals surface area contributed by atoms with Crippen molar-refractivity contribution in [2.24, 2.45) is 0 Å². The summed E-state index contributed by atoms with van der Waals surface area (Å²) in [6.07, 6.45) is 3.90. The molecule has 0 saturated carbocycles. The normalized spacial score (nSPS) is 14.7. The van der Waals surface area contributed by atoms with Crippen LogP contribution in [0.2, 0.25) is 0 Å². The van der Waals surface area contributed by atoms with E-state index in [9.17, 15) is 9.90 Å².